The highest BCUT2D eigenvalue weighted by Crippen LogP contribution is 2.29. The van der Waals surface area contributed by atoms with E-state index in [-0.39, 0.29) is 6.04 Å². The number of hydrogen-bond acceptors (Lipinski definition) is 4. The molecular weight excluding hydrogens is 238 g/mol. The van der Waals surface area contributed by atoms with Crippen LogP contribution >= 0.6 is 0 Å². The van der Waals surface area contributed by atoms with E-state index in [0.717, 1.165) is 23.9 Å². The molecule has 1 heterocycles. The molecule has 4 heteroatoms. The zero-order valence-electron chi connectivity index (χ0n) is 11.5. The van der Waals surface area contributed by atoms with Crippen LogP contribution in [0.3, 0.4) is 0 Å². The SMILES string of the molecule is COCCC(C)C(NN)c1cccc2ncccc12. The maximum atomic E-state index is 5.76. The summed E-state index contributed by atoms with van der Waals surface area (Å²) in [6.45, 7) is 2.92. The summed E-state index contributed by atoms with van der Waals surface area (Å²) in [6.07, 6.45) is 2.77. The van der Waals surface area contributed by atoms with E-state index >= 15 is 0 Å². The zero-order chi connectivity index (χ0) is 13.7. The van der Waals surface area contributed by atoms with Crippen LogP contribution in [0.2, 0.25) is 0 Å². The van der Waals surface area contributed by atoms with Crippen molar-refractivity contribution in [2.24, 2.45) is 11.8 Å². The molecule has 1 aromatic carbocycles. The van der Waals surface area contributed by atoms with Gasteiger partial charge in [0.15, 0.2) is 0 Å². The maximum absolute atomic E-state index is 5.76. The lowest BCUT2D eigenvalue weighted by molar-refractivity contribution is 0.170. The molecule has 0 bridgehead atoms. The molecule has 0 saturated heterocycles. The van der Waals surface area contributed by atoms with Crippen LogP contribution in [0.25, 0.3) is 10.9 Å². The van der Waals surface area contributed by atoms with Crippen LogP contribution in [0.1, 0.15) is 24.9 Å². The first-order chi connectivity index (χ1) is 9.27. The van der Waals surface area contributed by atoms with Crippen LogP contribution in [0, 0.1) is 5.92 Å². The Labute approximate surface area is 113 Å². The Kier molecular flexibility index (Phi) is 4.85. The minimum atomic E-state index is 0.100. The molecule has 1 aromatic heterocycles. The number of ether oxygens (including phenoxy) is 1. The van der Waals surface area contributed by atoms with Crippen molar-refractivity contribution in [3.8, 4) is 0 Å². The molecule has 3 N–H and O–H groups in total. The molecule has 0 aliphatic carbocycles. The highest BCUT2D eigenvalue weighted by molar-refractivity contribution is 5.82. The van der Waals surface area contributed by atoms with Crippen molar-refractivity contribution in [2.75, 3.05) is 13.7 Å². The number of benzene rings is 1. The van der Waals surface area contributed by atoms with E-state index in [9.17, 15) is 0 Å². The molecule has 0 radical (unpaired) electrons. The number of hydrogen-bond donors (Lipinski definition) is 2. The Balaban J connectivity index is 2.35. The smallest absolute Gasteiger partial charge is 0.0705 e. The van der Waals surface area contributed by atoms with Crippen molar-refractivity contribution in [2.45, 2.75) is 19.4 Å². The normalized spacial score (nSPS) is 14.5. The molecule has 0 saturated carbocycles. The lowest BCUT2D eigenvalue weighted by Gasteiger charge is -2.24. The lowest BCUT2D eigenvalue weighted by Crippen LogP contribution is -2.33. The molecule has 2 rings (SSSR count). The average Bonchev–Trinajstić information content (AvgIpc) is 2.46. The van der Waals surface area contributed by atoms with E-state index in [2.05, 4.69) is 29.5 Å². The standard InChI is InChI=1S/C15H21N3O/c1-11(8-10-19-2)15(18-16)13-5-3-7-14-12(13)6-4-9-17-14/h3-7,9,11,15,18H,8,10,16H2,1-2H3. The van der Waals surface area contributed by atoms with Crippen LogP contribution in [0.5, 0.6) is 0 Å². The Hall–Kier alpha value is -1.49. The monoisotopic (exact) mass is 259 g/mol. The van der Waals surface area contributed by atoms with Crippen molar-refractivity contribution in [1.82, 2.24) is 10.4 Å². The van der Waals surface area contributed by atoms with Crippen LogP contribution < -0.4 is 11.3 Å². The highest BCUT2D eigenvalue weighted by Gasteiger charge is 2.19. The van der Waals surface area contributed by atoms with E-state index in [0.29, 0.717) is 5.92 Å². The number of aromatic nitrogens is 1. The molecule has 0 aliphatic rings. The van der Waals surface area contributed by atoms with Gasteiger partial charge in [-0.2, -0.15) is 0 Å². The van der Waals surface area contributed by atoms with Gasteiger partial charge in [-0.25, -0.2) is 0 Å². The van der Waals surface area contributed by atoms with E-state index in [1.165, 1.54) is 5.56 Å². The summed E-state index contributed by atoms with van der Waals surface area (Å²) in [5.74, 6) is 6.14. The van der Waals surface area contributed by atoms with Gasteiger partial charge in [-0.15, -0.1) is 0 Å². The number of fused-ring (bicyclic) bond motifs is 1. The summed E-state index contributed by atoms with van der Waals surface area (Å²) in [5, 5.41) is 1.15. The first kappa shape index (κ1) is 13.9. The molecule has 0 amide bonds. The largest absolute Gasteiger partial charge is 0.385 e. The number of rotatable bonds is 6. The van der Waals surface area contributed by atoms with Crippen LogP contribution in [-0.4, -0.2) is 18.7 Å². The van der Waals surface area contributed by atoms with Crippen LogP contribution in [0.15, 0.2) is 36.5 Å². The van der Waals surface area contributed by atoms with E-state index in [1.54, 1.807) is 7.11 Å². The first-order valence-electron chi connectivity index (χ1n) is 6.56. The Morgan fingerprint density at radius 1 is 1.32 bits per heavy atom. The fourth-order valence-electron chi connectivity index (χ4n) is 2.43. The molecule has 2 aromatic rings. The van der Waals surface area contributed by atoms with E-state index < -0.39 is 0 Å². The van der Waals surface area contributed by atoms with Crippen molar-refractivity contribution < 1.29 is 4.74 Å². The lowest BCUT2D eigenvalue weighted by atomic mass is 9.90. The number of nitrogens with one attached hydrogen (secondary N) is 1. The summed E-state index contributed by atoms with van der Waals surface area (Å²) >= 11 is 0. The predicted octanol–water partition coefficient (Wildman–Crippen LogP) is 2.41. The van der Waals surface area contributed by atoms with Gasteiger partial charge in [-0.05, 0) is 30.0 Å². The van der Waals surface area contributed by atoms with Gasteiger partial charge in [-0.1, -0.05) is 25.1 Å². The quantitative estimate of drug-likeness (QED) is 0.618. The molecule has 102 valence electrons. The Morgan fingerprint density at radius 2 is 2.16 bits per heavy atom. The second-order valence-electron chi connectivity index (χ2n) is 4.82. The third-order valence-corrected chi connectivity index (χ3v) is 3.54. The summed E-state index contributed by atoms with van der Waals surface area (Å²) in [6, 6.07) is 10.3. The van der Waals surface area contributed by atoms with Gasteiger partial charge in [0.05, 0.1) is 5.52 Å². The summed E-state index contributed by atoms with van der Waals surface area (Å²) in [4.78, 5) is 4.39. The molecular formula is C15H21N3O. The van der Waals surface area contributed by atoms with Gasteiger partial charge in [-0.3, -0.25) is 16.3 Å². The van der Waals surface area contributed by atoms with Crippen molar-refractivity contribution in [3.05, 3.63) is 42.1 Å². The Morgan fingerprint density at radius 3 is 2.89 bits per heavy atom. The topological polar surface area (TPSA) is 60.2 Å². The second kappa shape index (κ2) is 6.61. The molecule has 2 unspecified atom stereocenters. The molecule has 2 atom stereocenters. The Bertz CT molecular complexity index is 524. The number of pyridine rings is 1. The zero-order valence-corrected chi connectivity index (χ0v) is 11.5. The molecule has 0 aliphatic heterocycles. The molecule has 0 spiro atoms. The van der Waals surface area contributed by atoms with Crippen molar-refractivity contribution in [1.29, 1.82) is 0 Å². The van der Waals surface area contributed by atoms with Gasteiger partial charge in [0.1, 0.15) is 0 Å². The van der Waals surface area contributed by atoms with Gasteiger partial charge >= 0.3 is 0 Å². The van der Waals surface area contributed by atoms with Gasteiger partial charge < -0.3 is 4.74 Å². The van der Waals surface area contributed by atoms with Crippen molar-refractivity contribution in [3.63, 3.8) is 0 Å². The number of methoxy groups -OCH3 is 1. The average molecular weight is 259 g/mol. The van der Waals surface area contributed by atoms with Gasteiger partial charge in [0.25, 0.3) is 0 Å². The fraction of sp³-hybridized carbons (Fsp3) is 0.400. The minimum absolute atomic E-state index is 0.100. The highest BCUT2D eigenvalue weighted by atomic mass is 16.5. The summed E-state index contributed by atoms with van der Waals surface area (Å²) < 4.78 is 5.15. The fourth-order valence-corrected chi connectivity index (χ4v) is 2.43. The van der Waals surface area contributed by atoms with Crippen molar-refractivity contribution >= 4 is 10.9 Å². The summed E-state index contributed by atoms with van der Waals surface area (Å²) in [5.41, 5.74) is 5.13. The molecule has 4 nitrogen and oxygen atoms in total. The number of nitrogens with two attached hydrogens (primary N) is 1. The second-order valence-corrected chi connectivity index (χ2v) is 4.82. The summed E-state index contributed by atoms with van der Waals surface area (Å²) in [7, 11) is 1.72. The van der Waals surface area contributed by atoms with Gasteiger partial charge in [0, 0.05) is 31.3 Å². The van der Waals surface area contributed by atoms with Gasteiger partial charge in [0.2, 0.25) is 0 Å². The number of nitrogens with zero attached hydrogens (tertiary/aromatic N) is 1. The van der Waals surface area contributed by atoms with E-state index in [1.807, 2.05) is 24.4 Å². The van der Waals surface area contributed by atoms with Crippen LogP contribution in [-0.2, 0) is 4.74 Å². The third kappa shape index (κ3) is 3.10. The van der Waals surface area contributed by atoms with E-state index in [4.69, 9.17) is 10.6 Å². The maximum Gasteiger partial charge on any atom is 0.0705 e. The molecule has 0 fully saturated rings. The first-order valence-corrected chi connectivity index (χ1v) is 6.56. The van der Waals surface area contributed by atoms with Crippen LogP contribution in [0.4, 0.5) is 0 Å². The predicted molar refractivity (Wildman–Crippen MR) is 77.5 cm³/mol. The molecule has 19 heavy (non-hydrogen) atoms. The minimum Gasteiger partial charge on any atom is -0.385 e. The third-order valence-electron chi connectivity index (χ3n) is 3.54. The number of hydrazine groups is 1.